The van der Waals surface area contributed by atoms with Gasteiger partial charge < -0.3 is 14.6 Å². The fourth-order valence-corrected chi connectivity index (χ4v) is 0.639. The second-order valence-electron chi connectivity index (χ2n) is 2.62. The molecule has 0 aromatic carbocycles. The van der Waals surface area contributed by atoms with Gasteiger partial charge in [-0.1, -0.05) is 13.5 Å². The summed E-state index contributed by atoms with van der Waals surface area (Å²) < 4.78 is 9.92. The summed E-state index contributed by atoms with van der Waals surface area (Å²) in [7, 11) is 0. The molecule has 0 heterocycles. The maximum absolute atomic E-state index is 11.0. The molecular formula is C9H16O4. The van der Waals surface area contributed by atoms with Gasteiger partial charge in [0.25, 0.3) is 0 Å². The largest absolute Gasteiger partial charge is 0.432 e. The maximum atomic E-state index is 11.0. The second kappa shape index (κ2) is 6.62. The Kier molecular flexibility index (Phi) is 6.18. The molecule has 0 aromatic heterocycles. The minimum absolute atomic E-state index is 0.0822. The lowest BCUT2D eigenvalue weighted by molar-refractivity contribution is -0.176. The molecule has 76 valence electrons. The third kappa shape index (κ3) is 5.38. The Morgan fingerprint density at radius 2 is 2.23 bits per heavy atom. The number of hydrogen-bond donors (Lipinski definition) is 1. The lowest BCUT2D eigenvalue weighted by atomic mass is 10.3. The van der Waals surface area contributed by atoms with Crippen LogP contribution in [0.25, 0.3) is 0 Å². The van der Waals surface area contributed by atoms with Crippen molar-refractivity contribution in [1.29, 1.82) is 0 Å². The first kappa shape index (κ1) is 12.1. The highest BCUT2D eigenvalue weighted by atomic mass is 16.7. The summed E-state index contributed by atoms with van der Waals surface area (Å²) in [5.41, 5.74) is 0.339. The Labute approximate surface area is 78.2 Å². The highest BCUT2D eigenvalue weighted by Crippen LogP contribution is 2.03. The third-order valence-electron chi connectivity index (χ3n) is 1.32. The molecule has 1 N–H and O–H groups in total. The number of aliphatic hydroxyl groups is 1. The van der Waals surface area contributed by atoms with Crippen LogP contribution >= 0.6 is 0 Å². The minimum Gasteiger partial charge on any atom is -0.432 e. The number of ether oxygens (including phenoxy) is 2. The molecule has 0 rings (SSSR count). The fourth-order valence-electron chi connectivity index (χ4n) is 0.639. The summed E-state index contributed by atoms with van der Waals surface area (Å²) in [6.07, 6.45) is -0.0321. The van der Waals surface area contributed by atoms with Crippen LogP contribution in [-0.4, -0.2) is 30.6 Å². The zero-order chi connectivity index (χ0) is 10.3. The van der Waals surface area contributed by atoms with Crippen molar-refractivity contribution in [3.8, 4) is 0 Å². The fraction of sp³-hybridized carbons (Fsp3) is 0.667. The predicted molar refractivity (Wildman–Crippen MR) is 48.0 cm³/mol. The van der Waals surface area contributed by atoms with Crippen LogP contribution in [0.4, 0.5) is 0 Å². The van der Waals surface area contributed by atoms with E-state index in [1.54, 1.807) is 6.92 Å². The van der Waals surface area contributed by atoms with Gasteiger partial charge >= 0.3 is 5.97 Å². The SMILES string of the molecule is C=C(C)C(=O)OC(CC)OCCO. The molecule has 0 aromatic rings. The van der Waals surface area contributed by atoms with E-state index >= 15 is 0 Å². The molecule has 0 saturated carbocycles. The maximum Gasteiger partial charge on any atom is 0.335 e. The molecule has 0 fully saturated rings. The highest BCUT2D eigenvalue weighted by Gasteiger charge is 2.12. The van der Waals surface area contributed by atoms with Gasteiger partial charge in [-0.05, 0) is 6.92 Å². The topological polar surface area (TPSA) is 55.8 Å². The number of carbonyl (C=O) groups excluding carboxylic acids is 1. The van der Waals surface area contributed by atoms with Crippen molar-refractivity contribution in [2.45, 2.75) is 26.6 Å². The number of esters is 1. The van der Waals surface area contributed by atoms with E-state index in [2.05, 4.69) is 6.58 Å². The summed E-state index contributed by atoms with van der Waals surface area (Å²) in [4.78, 5) is 11.0. The Balaban J connectivity index is 3.83. The Bertz CT molecular complexity index is 176. The van der Waals surface area contributed by atoms with Gasteiger partial charge in [0.05, 0.1) is 13.2 Å². The number of aliphatic hydroxyl groups excluding tert-OH is 1. The first-order chi connectivity index (χ1) is 6.11. The van der Waals surface area contributed by atoms with Gasteiger partial charge in [0, 0.05) is 12.0 Å². The van der Waals surface area contributed by atoms with Crippen LogP contribution < -0.4 is 0 Å². The van der Waals surface area contributed by atoms with E-state index in [0.717, 1.165) is 0 Å². The molecule has 0 radical (unpaired) electrons. The summed E-state index contributed by atoms with van der Waals surface area (Å²) in [6, 6.07) is 0. The average molecular weight is 188 g/mol. The van der Waals surface area contributed by atoms with Crippen LogP contribution in [0.1, 0.15) is 20.3 Å². The van der Waals surface area contributed by atoms with Crippen LogP contribution in [0.2, 0.25) is 0 Å². The molecule has 13 heavy (non-hydrogen) atoms. The predicted octanol–water partition coefficient (Wildman–Crippen LogP) is 0.851. The first-order valence-electron chi connectivity index (χ1n) is 4.20. The molecule has 0 aliphatic rings. The summed E-state index contributed by atoms with van der Waals surface area (Å²) in [5, 5.41) is 8.47. The van der Waals surface area contributed by atoms with Crippen LogP contribution in [0.15, 0.2) is 12.2 Å². The molecule has 4 heteroatoms. The lowest BCUT2D eigenvalue weighted by Crippen LogP contribution is -2.22. The van der Waals surface area contributed by atoms with Crippen molar-refractivity contribution in [3.63, 3.8) is 0 Å². The van der Waals surface area contributed by atoms with Crippen LogP contribution in [0, 0.1) is 0 Å². The molecule has 0 saturated heterocycles. The molecule has 0 amide bonds. The molecule has 0 aliphatic heterocycles. The average Bonchev–Trinajstić information content (AvgIpc) is 2.11. The highest BCUT2D eigenvalue weighted by molar-refractivity contribution is 5.86. The van der Waals surface area contributed by atoms with Crippen LogP contribution in [0.5, 0.6) is 0 Å². The van der Waals surface area contributed by atoms with Crippen molar-refractivity contribution >= 4 is 5.97 Å². The van der Waals surface area contributed by atoms with Crippen molar-refractivity contribution in [3.05, 3.63) is 12.2 Å². The Hall–Kier alpha value is -0.870. The van der Waals surface area contributed by atoms with Gasteiger partial charge in [0.1, 0.15) is 0 Å². The number of carbonyl (C=O) groups is 1. The lowest BCUT2D eigenvalue weighted by Gasteiger charge is -2.15. The third-order valence-corrected chi connectivity index (χ3v) is 1.32. The van der Waals surface area contributed by atoms with Gasteiger partial charge in [-0.25, -0.2) is 4.79 Å². The zero-order valence-corrected chi connectivity index (χ0v) is 8.08. The standard InChI is InChI=1S/C9H16O4/c1-4-8(12-6-5-10)13-9(11)7(2)3/h8,10H,2,4-6H2,1,3H3. The van der Waals surface area contributed by atoms with Crippen LogP contribution in [-0.2, 0) is 14.3 Å². The molecule has 0 aliphatic carbocycles. The molecule has 1 unspecified atom stereocenters. The van der Waals surface area contributed by atoms with E-state index in [1.807, 2.05) is 6.92 Å². The zero-order valence-electron chi connectivity index (χ0n) is 8.08. The molecule has 4 nitrogen and oxygen atoms in total. The molecule has 0 spiro atoms. The molecule has 1 atom stereocenters. The summed E-state index contributed by atoms with van der Waals surface area (Å²) in [6.45, 7) is 6.93. The summed E-state index contributed by atoms with van der Waals surface area (Å²) in [5.74, 6) is -0.468. The normalized spacial score (nSPS) is 12.2. The van der Waals surface area contributed by atoms with Crippen molar-refractivity contribution in [2.75, 3.05) is 13.2 Å². The Morgan fingerprint density at radius 3 is 2.62 bits per heavy atom. The quantitative estimate of drug-likeness (QED) is 0.381. The van der Waals surface area contributed by atoms with Crippen molar-refractivity contribution in [2.24, 2.45) is 0 Å². The second-order valence-corrected chi connectivity index (χ2v) is 2.62. The Morgan fingerprint density at radius 1 is 1.62 bits per heavy atom. The van der Waals surface area contributed by atoms with Crippen molar-refractivity contribution in [1.82, 2.24) is 0 Å². The number of rotatable bonds is 6. The van der Waals surface area contributed by atoms with E-state index in [4.69, 9.17) is 14.6 Å². The first-order valence-corrected chi connectivity index (χ1v) is 4.20. The van der Waals surface area contributed by atoms with Crippen molar-refractivity contribution < 1.29 is 19.4 Å². The van der Waals surface area contributed by atoms with Gasteiger partial charge in [0.2, 0.25) is 6.29 Å². The molecule has 0 bridgehead atoms. The van der Waals surface area contributed by atoms with Gasteiger partial charge in [-0.3, -0.25) is 0 Å². The van der Waals surface area contributed by atoms with E-state index in [0.29, 0.717) is 12.0 Å². The summed E-state index contributed by atoms with van der Waals surface area (Å²) >= 11 is 0. The molecular weight excluding hydrogens is 172 g/mol. The van der Waals surface area contributed by atoms with Gasteiger partial charge in [-0.2, -0.15) is 0 Å². The van der Waals surface area contributed by atoms with Gasteiger partial charge in [-0.15, -0.1) is 0 Å². The smallest absolute Gasteiger partial charge is 0.335 e. The van der Waals surface area contributed by atoms with E-state index < -0.39 is 12.3 Å². The van der Waals surface area contributed by atoms with E-state index in [1.165, 1.54) is 0 Å². The van der Waals surface area contributed by atoms with E-state index in [9.17, 15) is 4.79 Å². The van der Waals surface area contributed by atoms with Crippen LogP contribution in [0.3, 0.4) is 0 Å². The minimum atomic E-state index is -0.587. The number of hydrogen-bond acceptors (Lipinski definition) is 4. The van der Waals surface area contributed by atoms with Gasteiger partial charge in [0.15, 0.2) is 0 Å². The van der Waals surface area contributed by atoms with E-state index in [-0.39, 0.29) is 13.2 Å². The monoisotopic (exact) mass is 188 g/mol.